The highest BCUT2D eigenvalue weighted by Crippen LogP contribution is 2.25. The number of amides is 2. The SMILES string of the molecule is O=C(COc1ccccc1[N+](=O)[O-])Nc1cccc(C(=O)Nc2ccc(F)cc2)c1. The van der Waals surface area contributed by atoms with Crippen LogP contribution in [0.4, 0.5) is 21.5 Å². The molecule has 30 heavy (non-hydrogen) atoms. The Kier molecular flexibility index (Phi) is 6.33. The molecule has 0 aromatic heterocycles. The summed E-state index contributed by atoms with van der Waals surface area (Å²) in [4.78, 5) is 34.8. The second kappa shape index (κ2) is 9.28. The summed E-state index contributed by atoms with van der Waals surface area (Å²) < 4.78 is 18.2. The summed E-state index contributed by atoms with van der Waals surface area (Å²) in [7, 11) is 0. The Hall–Kier alpha value is -4.27. The van der Waals surface area contributed by atoms with E-state index in [4.69, 9.17) is 4.74 Å². The highest BCUT2D eigenvalue weighted by atomic mass is 19.1. The molecule has 0 aliphatic carbocycles. The maximum absolute atomic E-state index is 13.0. The summed E-state index contributed by atoms with van der Waals surface area (Å²) in [5.41, 5.74) is 0.799. The van der Waals surface area contributed by atoms with Gasteiger partial charge in [-0.25, -0.2) is 4.39 Å². The van der Waals surface area contributed by atoms with Crippen molar-refractivity contribution in [3.8, 4) is 5.75 Å². The van der Waals surface area contributed by atoms with Crippen LogP contribution in [-0.4, -0.2) is 23.3 Å². The normalized spacial score (nSPS) is 10.2. The van der Waals surface area contributed by atoms with Crippen LogP contribution in [0.3, 0.4) is 0 Å². The van der Waals surface area contributed by atoms with Gasteiger partial charge >= 0.3 is 5.69 Å². The van der Waals surface area contributed by atoms with Crippen molar-refractivity contribution in [3.05, 3.63) is 94.3 Å². The highest BCUT2D eigenvalue weighted by Gasteiger charge is 2.15. The molecule has 0 fully saturated rings. The van der Waals surface area contributed by atoms with Crippen molar-refractivity contribution in [2.75, 3.05) is 17.2 Å². The fourth-order valence-electron chi connectivity index (χ4n) is 2.55. The van der Waals surface area contributed by atoms with Gasteiger partial charge < -0.3 is 15.4 Å². The molecular formula is C21H16FN3O5. The van der Waals surface area contributed by atoms with E-state index >= 15 is 0 Å². The third-order valence-electron chi connectivity index (χ3n) is 3.93. The number of nitro benzene ring substituents is 1. The standard InChI is InChI=1S/C21H16FN3O5/c22-15-8-10-16(11-9-15)24-21(27)14-4-3-5-17(12-14)23-20(26)13-30-19-7-2-1-6-18(19)25(28)29/h1-12H,13H2,(H,23,26)(H,24,27). The van der Waals surface area contributed by atoms with Gasteiger partial charge in [0.2, 0.25) is 0 Å². The van der Waals surface area contributed by atoms with Gasteiger partial charge in [0.05, 0.1) is 4.92 Å². The number of nitrogens with zero attached hydrogens (tertiary/aromatic N) is 1. The molecule has 0 aliphatic rings. The molecule has 2 amide bonds. The number of benzene rings is 3. The number of halogens is 1. The van der Waals surface area contributed by atoms with E-state index in [1.54, 1.807) is 24.3 Å². The van der Waals surface area contributed by atoms with E-state index in [1.807, 2.05) is 0 Å². The molecule has 0 bridgehead atoms. The van der Waals surface area contributed by atoms with Crippen LogP contribution in [-0.2, 0) is 4.79 Å². The van der Waals surface area contributed by atoms with E-state index in [0.29, 0.717) is 11.4 Å². The Balaban J connectivity index is 1.60. The maximum atomic E-state index is 13.0. The van der Waals surface area contributed by atoms with Crippen molar-refractivity contribution in [1.82, 2.24) is 0 Å². The first kappa shape index (κ1) is 20.5. The third kappa shape index (κ3) is 5.38. The van der Waals surface area contributed by atoms with Crippen LogP contribution in [0.15, 0.2) is 72.8 Å². The first-order chi connectivity index (χ1) is 14.4. The van der Waals surface area contributed by atoms with E-state index in [-0.39, 0.29) is 17.0 Å². The minimum atomic E-state index is -0.601. The third-order valence-corrected chi connectivity index (χ3v) is 3.93. The van der Waals surface area contributed by atoms with Crippen LogP contribution in [0.25, 0.3) is 0 Å². The van der Waals surface area contributed by atoms with Crippen LogP contribution in [0, 0.1) is 15.9 Å². The zero-order valence-corrected chi connectivity index (χ0v) is 15.5. The Morgan fingerprint density at radius 2 is 1.67 bits per heavy atom. The van der Waals surface area contributed by atoms with E-state index in [2.05, 4.69) is 10.6 Å². The lowest BCUT2D eigenvalue weighted by Crippen LogP contribution is -2.21. The summed E-state index contributed by atoms with van der Waals surface area (Å²) in [5, 5.41) is 16.2. The van der Waals surface area contributed by atoms with Crippen molar-refractivity contribution in [1.29, 1.82) is 0 Å². The van der Waals surface area contributed by atoms with Crippen molar-refractivity contribution in [3.63, 3.8) is 0 Å². The lowest BCUT2D eigenvalue weighted by atomic mass is 10.2. The van der Waals surface area contributed by atoms with Gasteiger partial charge in [-0.3, -0.25) is 19.7 Å². The Labute approximate surface area is 170 Å². The molecule has 0 atom stereocenters. The fourth-order valence-corrected chi connectivity index (χ4v) is 2.55. The van der Waals surface area contributed by atoms with Crippen molar-refractivity contribution < 1.29 is 23.6 Å². The van der Waals surface area contributed by atoms with E-state index in [0.717, 1.165) is 0 Å². The van der Waals surface area contributed by atoms with Gasteiger partial charge in [0.1, 0.15) is 5.82 Å². The minimum absolute atomic E-state index is 0.0231. The van der Waals surface area contributed by atoms with E-state index < -0.39 is 29.2 Å². The van der Waals surface area contributed by atoms with Gasteiger partial charge in [-0.05, 0) is 48.5 Å². The zero-order valence-electron chi connectivity index (χ0n) is 15.5. The van der Waals surface area contributed by atoms with E-state index in [9.17, 15) is 24.1 Å². The maximum Gasteiger partial charge on any atom is 0.310 e. The Morgan fingerprint density at radius 3 is 2.40 bits per heavy atom. The predicted octanol–water partition coefficient (Wildman–Crippen LogP) is 4.00. The van der Waals surface area contributed by atoms with Crippen molar-refractivity contribution in [2.45, 2.75) is 0 Å². The van der Waals surface area contributed by atoms with Gasteiger partial charge in [-0.2, -0.15) is 0 Å². The number of nitrogens with one attached hydrogen (secondary N) is 2. The van der Waals surface area contributed by atoms with E-state index in [1.165, 1.54) is 48.5 Å². The molecule has 0 saturated heterocycles. The van der Waals surface area contributed by atoms with Crippen LogP contribution < -0.4 is 15.4 Å². The number of anilines is 2. The summed E-state index contributed by atoms with van der Waals surface area (Å²) >= 11 is 0. The lowest BCUT2D eigenvalue weighted by molar-refractivity contribution is -0.385. The molecule has 0 heterocycles. The number of ether oxygens (including phenoxy) is 1. The Bertz CT molecular complexity index is 1090. The van der Waals surface area contributed by atoms with Crippen LogP contribution in [0.5, 0.6) is 5.75 Å². The number of carbonyl (C=O) groups is 2. The monoisotopic (exact) mass is 409 g/mol. The number of nitro groups is 1. The molecule has 0 radical (unpaired) electrons. The van der Waals surface area contributed by atoms with Crippen molar-refractivity contribution in [2.24, 2.45) is 0 Å². The molecule has 9 heteroatoms. The predicted molar refractivity (Wildman–Crippen MR) is 108 cm³/mol. The molecule has 3 aromatic rings. The summed E-state index contributed by atoms with van der Waals surface area (Å²) in [6, 6.07) is 17.2. The van der Waals surface area contributed by atoms with Crippen LogP contribution in [0.1, 0.15) is 10.4 Å². The zero-order chi connectivity index (χ0) is 21.5. The van der Waals surface area contributed by atoms with Gasteiger partial charge in [0.15, 0.2) is 12.4 Å². The molecule has 3 aromatic carbocycles. The van der Waals surface area contributed by atoms with Gasteiger partial charge in [-0.1, -0.05) is 18.2 Å². The highest BCUT2D eigenvalue weighted by molar-refractivity contribution is 6.05. The number of hydrogen-bond donors (Lipinski definition) is 2. The molecule has 0 saturated carbocycles. The van der Waals surface area contributed by atoms with Gasteiger partial charge in [0, 0.05) is 23.0 Å². The van der Waals surface area contributed by atoms with Gasteiger partial charge in [-0.15, -0.1) is 0 Å². The quantitative estimate of drug-likeness (QED) is 0.453. The average molecular weight is 409 g/mol. The number of carbonyl (C=O) groups excluding carboxylic acids is 2. The average Bonchev–Trinajstić information content (AvgIpc) is 2.74. The van der Waals surface area contributed by atoms with Crippen LogP contribution in [0.2, 0.25) is 0 Å². The summed E-state index contributed by atoms with van der Waals surface area (Å²) in [6.07, 6.45) is 0. The second-order valence-electron chi connectivity index (χ2n) is 6.10. The molecule has 152 valence electrons. The summed E-state index contributed by atoms with van der Waals surface area (Å²) in [6.45, 7) is -0.448. The van der Waals surface area contributed by atoms with Crippen LogP contribution >= 0.6 is 0 Å². The fraction of sp³-hybridized carbons (Fsp3) is 0.0476. The second-order valence-corrected chi connectivity index (χ2v) is 6.10. The molecule has 8 nitrogen and oxygen atoms in total. The van der Waals surface area contributed by atoms with Gasteiger partial charge in [0.25, 0.3) is 11.8 Å². The van der Waals surface area contributed by atoms with Crippen molar-refractivity contribution >= 4 is 28.9 Å². The topological polar surface area (TPSA) is 111 Å². The molecule has 0 spiro atoms. The molecule has 2 N–H and O–H groups in total. The molecular weight excluding hydrogens is 393 g/mol. The molecule has 0 aliphatic heterocycles. The molecule has 3 rings (SSSR count). The first-order valence-corrected chi connectivity index (χ1v) is 8.75. The summed E-state index contributed by atoms with van der Waals surface area (Å²) in [5.74, 6) is -1.43. The first-order valence-electron chi connectivity index (χ1n) is 8.75. The largest absolute Gasteiger partial charge is 0.477 e. The lowest BCUT2D eigenvalue weighted by Gasteiger charge is -2.09. The minimum Gasteiger partial charge on any atom is -0.477 e. The number of para-hydroxylation sites is 2. The Morgan fingerprint density at radius 1 is 0.933 bits per heavy atom. The number of hydrogen-bond acceptors (Lipinski definition) is 5. The number of rotatable bonds is 7. The molecule has 0 unspecified atom stereocenters. The smallest absolute Gasteiger partial charge is 0.310 e.